The lowest BCUT2D eigenvalue weighted by Gasteiger charge is -2.44. The summed E-state index contributed by atoms with van der Waals surface area (Å²) in [4.78, 5) is 35.9. The number of hydrogen-bond acceptors (Lipinski definition) is 4. The van der Waals surface area contributed by atoms with E-state index in [1.807, 2.05) is 61.5 Å². The van der Waals surface area contributed by atoms with Crippen LogP contribution in [0.3, 0.4) is 0 Å². The molecule has 2 N–H and O–H groups in total. The second kappa shape index (κ2) is 9.89. The van der Waals surface area contributed by atoms with Crippen molar-refractivity contribution in [1.29, 1.82) is 0 Å². The zero-order valence-corrected chi connectivity index (χ0v) is 23.1. The fourth-order valence-electron chi connectivity index (χ4n) is 4.17. The van der Waals surface area contributed by atoms with Gasteiger partial charge in [0.2, 0.25) is 0 Å². The standard InChI is InChI=1S/C25H18Cl5N5O2/c1-34(2)12-9-7-11(8-10-12)22-21(30)25(37)35(22)33-24(36)16-15(17(26)19(28)20(29)18(16)27)23-31-13-5-3-4-6-14(13)32-23/h3-10,21-22H,1-2H3,(H,31,32)(H,33,36). The Morgan fingerprint density at radius 1 is 0.973 bits per heavy atom. The Balaban J connectivity index is 1.54. The first-order chi connectivity index (χ1) is 17.6. The molecule has 5 rings (SSSR count). The summed E-state index contributed by atoms with van der Waals surface area (Å²) in [6.45, 7) is 0. The van der Waals surface area contributed by atoms with Gasteiger partial charge in [0.15, 0.2) is 0 Å². The third kappa shape index (κ3) is 4.39. The fraction of sp³-hybridized carbons (Fsp3) is 0.160. The number of rotatable bonds is 5. The lowest BCUT2D eigenvalue weighted by atomic mass is 9.95. The van der Waals surface area contributed by atoms with Gasteiger partial charge in [-0.1, -0.05) is 70.7 Å². The van der Waals surface area contributed by atoms with Gasteiger partial charge in [0.25, 0.3) is 11.8 Å². The number of H-pyrrole nitrogens is 1. The van der Waals surface area contributed by atoms with Gasteiger partial charge in [-0.15, -0.1) is 11.6 Å². The highest BCUT2D eigenvalue weighted by molar-refractivity contribution is 6.54. The monoisotopic (exact) mass is 595 g/mol. The molecule has 3 aromatic carbocycles. The number of para-hydroxylation sites is 2. The van der Waals surface area contributed by atoms with Crippen LogP contribution in [-0.4, -0.2) is 46.3 Å². The van der Waals surface area contributed by atoms with Crippen molar-refractivity contribution < 1.29 is 9.59 Å². The van der Waals surface area contributed by atoms with Gasteiger partial charge >= 0.3 is 0 Å². The van der Waals surface area contributed by atoms with Crippen molar-refractivity contribution >= 4 is 86.5 Å². The molecule has 1 aliphatic heterocycles. The van der Waals surface area contributed by atoms with Gasteiger partial charge < -0.3 is 9.88 Å². The van der Waals surface area contributed by atoms with Crippen LogP contribution in [0.25, 0.3) is 22.4 Å². The van der Waals surface area contributed by atoms with Crippen LogP contribution in [-0.2, 0) is 4.79 Å². The van der Waals surface area contributed by atoms with Gasteiger partial charge in [0.1, 0.15) is 17.2 Å². The second-order valence-corrected chi connectivity index (χ2v) is 10.6. The average molecular weight is 598 g/mol. The van der Waals surface area contributed by atoms with E-state index in [1.54, 1.807) is 6.07 Å². The number of aromatic nitrogens is 2. The van der Waals surface area contributed by atoms with Crippen molar-refractivity contribution in [3.05, 3.63) is 79.7 Å². The van der Waals surface area contributed by atoms with E-state index in [2.05, 4.69) is 15.4 Å². The van der Waals surface area contributed by atoms with Gasteiger partial charge in [-0.05, 0) is 29.8 Å². The van der Waals surface area contributed by atoms with Crippen molar-refractivity contribution in [3.8, 4) is 11.4 Å². The first kappa shape index (κ1) is 25.9. The summed E-state index contributed by atoms with van der Waals surface area (Å²) in [5.74, 6) is -0.935. The van der Waals surface area contributed by atoms with Crippen LogP contribution in [0.15, 0.2) is 48.5 Å². The molecule has 2 heterocycles. The van der Waals surface area contributed by atoms with Gasteiger partial charge in [0, 0.05) is 19.8 Å². The number of anilines is 1. The number of alkyl halides is 1. The minimum absolute atomic E-state index is 0.0127. The number of fused-ring (bicyclic) bond motifs is 1. The fourth-order valence-corrected chi connectivity index (χ4v) is 5.56. The number of nitrogens with one attached hydrogen (secondary N) is 2. The number of halogens is 5. The number of carbonyl (C=O) groups is 2. The van der Waals surface area contributed by atoms with Crippen molar-refractivity contribution in [2.24, 2.45) is 0 Å². The van der Waals surface area contributed by atoms with Crippen LogP contribution in [0.1, 0.15) is 22.0 Å². The maximum absolute atomic E-state index is 13.6. The number of benzene rings is 3. The van der Waals surface area contributed by atoms with Crippen molar-refractivity contribution in [2.75, 3.05) is 19.0 Å². The molecular weight excluding hydrogens is 580 g/mol. The molecule has 2 unspecified atom stereocenters. The van der Waals surface area contributed by atoms with E-state index in [0.717, 1.165) is 11.3 Å². The predicted molar refractivity (Wildman–Crippen MR) is 149 cm³/mol. The molecule has 0 bridgehead atoms. The maximum atomic E-state index is 13.6. The van der Waals surface area contributed by atoms with E-state index in [-0.39, 0.29) is 37.0 Å². The summed E-state index contributed by atoms with van der Waals surface area (Å²) < 4.78 is 0. The molecule has 2 amide bonds. The van der Waals surface area contributed by atoms with E-state index >= 15 is 0 Å². The molecule has 7 nitrogen and oxygen atoms in total. The Morgan fingerprint density at radius 3 is 2.27 bits per heavy atom. The van der Waals surface area contributed by atoms with Crippen molar-refractivity contribution in [3.63, 3.8) is 0 Å². The smallest absolute Gasteiger partial charge is 0.272 e. The van der Waals surface area contributed by atoms with Crippen LogP contribution in [0, 0.1) is 0 Å². The molecule has 0 aliphatic carbocycles. The zero-order chi connectivity index (χ0) is 26.6. The van der Waals surface area contributed by atoms with E-state index < -0.39 is 23.2 Å². The topological polar surface area (TPSA) is 81.3 Å². The van der Waals surface area contributed by atoms with Crippen LogP contribution >= 0.6 is 58.0 Å². The van der Waals surface area contributed by atoms with Crippen molar-refractivity contribution in [1.82, 2.24) is 20.4 Å². The van der Waals surface area contributed by atoms with Crippen molar-refractivity contribution in [2.45, 2.75) is 11.4 Å². The van der Waals surface area contributed by atoms with E-state index in [9.17, 15) is 9.59 Å². The maximum Gasteiger partial charge on any atom is 0.272 e. The van der Waals surface area contributed by atoms with Crippen LogP contribution < -0.4 is 10.3 Å². The van der Waals surface area contributed by atoms with Gasteiger partial charge in [-0.3, -0.25) is 15.0 Å². The Hall–Kier alpha value is -2.68. The summed E-state index contributed by atoms with van der Waals surface area (Å²) in [5, 5.41) is 0.0416. The first-order valence-corrected chi connectivity index (χ1v) is 12.9. The molecule has 0 spiro atoms. The Labute approximate surface area is 237 Å². The highest BCUT2D eigenvalue weighted by Gasteiger charge is 2.48. The Kier molecular flexibility index (Phi) is 6.94. The third-order valence-electron chi connectivity index (χ3n) is 6.12. The molecule has 37 heavy (non-hydrogen) atoms. The number of aromatic amines is 1. The summed E-state index contributed by atoms with van der Waals surface area (Å²) in [6, 6.07) is 14.2. The molecule has 190 valence electrons. The van der Waals surface area contributed by atoms with Crippen LogP contribution in [0.2, 0.25) is 20.1 Å². The number of amides is 2. The van der Waals surface area contributed by atoms with Gasteiger partial charge in [-0.2, -0.15) is 0 Å². The SMILES string of the molecule is CN(C)c1ccc(C2C(Cl)C(=O)N2NC(=O)c2c(Cl)c(Cl)c(Cl)c(Cl)c2-c2nc3ccccc3[nH]2)cc1. The Morgan fingerprint density at radius 2 is 1.62 bits per heavy atom. The summed E-state index contributed by atoms with van der Waals surface area (Å²) >= 11 is 32.1. The van der Waals surface area contributed by atoms with E-state index in [0.29, 0.717) is 11.0 Å². The second-order valence-electron chi connectivity index (χ2n) is 8.59. The molecule has 2 atom stereocenters. The zero-order valence-electron chi connectivity index (χ0n) is 19.3. The lowest BCUT2D eigenvalue weighted by Crippen LogP contribution is -2.63. The Bertz CT molecular complexity index is 1520. The summed E-state index contributed by atoms with van der Waals surface area (Å²) in [6.07, 6.45) is 0. The van der Waals surface area contributed by atoms with Crippen LogP contribution in [0.4, 0.5) is 5.69 Å². The highest BCUT2D eigenvalue weighted by atomic mass is 35.5. The average Bonchev–Trinajstić information content (AvgIpc) is 3.32. The van der Waals surface area contributed by atoms with Gasteiger partial charge in [-0.25, -0.2) is 9.99 Å². The molecule has 1 fully saturated rings. The molecule has 0 radical (unpaired) electrons. The number of imidazole rings is 1. The molecule has 12 heteroatoms. The third-order valence-corrected chi connectivity index (χ3v) is 8.35. The quantitative estimate of drug-likeness (QED) is 0.116. The number of nitrogens with zero attached hydrogens (tertiary/aromatic N) is 3. The minimum Gasteiger partial charge on any atom is -0.378 e. The molecular formula is C25H18Cl5N5O2. The first-order valence-electron chi connectivity index (χ1n) is 11.0. The predicted octanol–water partition coefficient (Wildman–Crippen LogP) is 6.75. The van der Waals surface area contributed by atoms with E-state index in [4.69, 9.17) is 58.0 Å². The minimum atomic E-state index is -0.854. The molecule has 1 saturated heterocycles. The number of hydrazine groups is 1. The lowest BCUT2D eigenvalue weighted by molar-refractivity contribution is -0.149. The summed E-state index contributed by atoms with van der Waals surface area (Å²) in [7, 11) is 3.84. The normalized spacial score (nSPS) is 17.2. The summed E-state index contributed by atoms with van der Waals surface area (Å²) in [5.41, 5.74) is 5.77. The number of β-lactam (4-membered cyclic amide) rings is 1. The largest absolute Gasteiger partial charge is 0.378 e. The molecule has 4 aromatic rings. The highest BCUT2D eigenvalue weighted by Crippen LogP contribution is 2.46. The number of carbonyl (C=O) groups excluding carboxylic acids is 2. The van der Waals surface area contributed by atoms with E-state index in [1.165, 1.54) is 5.01 Å². The van der Waals surface area contributed by atoms with Gasteiger partial charge in [0.05, 0.1) is 42.3 Å². The molecule has 1 aliphatic rings. The molecule has 0 saturated carbocycles. The number of hydrogen-bond donors (Lipinski definition) is 2. The van der Waals surface area contributed by atoms with Crippen LogP contribution in [0.5, 0.6) is 0 Å². The molecule has 1 aromatic heterocycles.